The van der Waals surface area contributed by atoms with E-state index in [9.17, 15) is 4.79 Å². The number of carbonyl (C=O) groups is 1. The number of carbonyl (C=O) groups excluding carboxylic acids is 1. The van der Waals surface area contributed by atoms with Crippen molar-refractivity contribution in [2.24, 2.45) is 5.92 Å². The molecule has 0 bridgehead atoms. The first-order valence-electron chi connectivity index (χ1n) is 3.38. The van der Waals surface area contributed by atoms with E-state index in [1.807, 2.05) is 6.92 Å². The van der Waals surface area contributed by atoms with Crippen molar-refractivity contribution in [1.29, 1.82) is 5.41 Å². The van der Waals surface area contributed by atoms with Gasteiger partial charge in [0.2, 0.25) is 0 Å². The van der Waals surface area contributed by atoms with Gasteiger partial charge >= 0.3 is 0 Å². The number of hydrogen-bond donors (Lipinski definition) is 1. The molecular weight excluding hydrogens is 241 g/mol. The van der Waals surface area contributed by atoms with Crippen molar-refractivity contribution in [2.75, 3.05) is 0 Å². The van der Waals surface area contributed by atoms with Crippen LogP contribution in [0.3, 0.4) is 0 Å². The maximum absolute atomic E-state index is 11.2. The van der Waals surface area contributed by atoms with Gasteiger partial charge in [-0.2, -0.15) is 0 Å². The number of Topliss-reactive ketones (excluding diaryl/α,β-unsaturated/α-hetero) is 1. The zero-order chi connectivity index (χ0) is 7.72. The van der Waals surface area contributed by atoms with E-state index in [2.05, 4.69) is 22.6 Å². The molecule has 0 saturated heterocycles. The molecule has 1 rings (SSSR count). The molecule has 0 aromatic carbocycles. The fraction of sp³-hybridized carbons (Fsp3) is 0.714. The van der Waals surface area contributed by atoms with Crippen LogP contribution in [0.2, 0.25) is 0 Å². The molecule has 0 spiro atoms. The molecule has 56 valence electrons. The van der Waals surface area contributed by atoms with Crippen molar-refractivity contribution in [3.63, 3.8) is 0 Å². The minimum atomic E-state index is -0.115. The lowest BCUT2D eigenvalue weighted by Gasteiger charge is -2.21. The summed E-state index contributed by atoms with van der Waals surface area (Å²) in [6, 6.07) is 0. The molecule has 1 aliphatic carbocycles. The first-order chi connectivity index (χ1) is 4.63. The van der Waals surface area contributed by atoms with Crippen molar-refractivity contribution in [3.05, 3.63) is 0 Å². The molecule has 0 aliphatic heterocycles. The maximum Gasteiger partial charge on any atom is 0.154 e. The number of ketones is 1. The number of nitrogens with one attached hydrogen (secondary N) is 1. The summed E-state index contributed by atoms with van der Waals surface area (Å²) in [7, 11) is 0. The van der Waals surface area contributed by atoms with Crippen LogP contribution in [-0.2, 0) is 4.79 Å². The second-order valence-corrected chi connectivity index (χ2v) is 4.16. The number of alkyl halides is 1. The van der Waals surface area contributed by atoms with Gasteiger partial charge in [0.15, 0.2) is 5.78 Å². The minimum Gasteiger partial charge on any atom is -0.309 e. The molecule has 1 saturated carbocycles. The zero-order valence-corrected chi connectivity index (χ0v) is 8.01. The molecule has 2 atom stereocenters. The highest BCUT2D eigenvalue weighted by molar-refractivity contribution is 14.1. The zero-order valence-electron chi connectivity index (χ0n) is 5.86. The van der Waals surface area contributed by atoms with Crippen LogP contribution in [0.15, 0.2) is 0 Å². The summed E-state index contributed by atoms with van der Waals surface area (Å²) in [6.45, 7) is 1.83. The summed E-state index contributed by atoms with van der Waals surface area (Å²) < 4.78 is 0.154. The van der Waals surface area contributed by atoms with Crippen LogP contribution >= 0.6 is 22.6 Å². The van der Waals surface area contributed by atoms with Gasteiger partial charge in [-0.15, -0.1) is 0 Å². The Bertz CT molecular complexity index is 178. The summed E-state index contributed by atoms with van der Waals surface area (Å²) in [6.07, 6.45) is 1.67. The molecule has 1 aliphatic rings. The molecule has 1 fully saturated rings. The highest BCUT2D eigenvalue weighted by atomic mass is 127. The Morgan fingerprint density at radius 3 is 2.80 bits per heavy atom. The number of rotatable bonds is 0. The maximum atomic E-state index is 11.2. The molecule has 3 heteroatoms. The van der Waals surface area contributed by atoms with E-state index in [1.54, 1.807) is 0 Å². The second kappa shape index (κ2) is 2.98. The molecule has 1 N–H and O–H groups in total. The lowest BCUT2D eigenvalue weighted by molar-refractivity contribution is -0.120. The fourth-order valence-corrected chi connectivity index (χ4v) is 1.93. The molecule has 2 nitrogen and oxygen atoms in total. The van der Waals surface area contributed by atoms with E-state index in [0.717, 1.165) is 12.8 Å². The van der Waals surface area contributed by atoms with Crippen LogP contribution in [0.4, 0.5) is 0 Å². The predicted octanol–water partition coefficient (Wildman–Crippen LogP) is 1.81. The SMILES string of the molecule is CC1C(=N)CCC(I)C1=O. The summed E-state index contributed by atoms with van der Waals surface area (Å²) in [4.78, 5) is 11.2. The Labute approximate surface area is 74.0 Å². The van der Waals surface area contributed by atoms with Crippen molar-refractivity contribution in [1.82, 2.24) is 0 Å². The summed E-state index contributed by atoms with van der Waals surface area (Å²) in [5.74, 6) is 0.118. The molecule has 0 amide bonds. The largest absolute Gasteiger partial charge is 0.309 e. The lowest BCUT2D eigenvalue weighted by atomic mass is 9.88. The standard InChI is InChI=1S/C7H10INO/c1-4-6(9)3-2-5(8)7(4)10/h4-5,9H,2-3H2,1H3. The summed E-state index contributed by atoms with van der Waals surface area (Å²) >= 11 is 2.16. The fourth-order valence-electron chi connectivity index (χ4n) is 1.08. The van der Waals surface area contributed by atoms with E-state index in [0.29, 0.717) is 5.71 Å². The summed E-state index contributed by atoms with van der Waals surface area (Å²) in [5, 5.41) is 7.39. The average Bonchev–Trinajstić information content (AvgIpc) is 1.93. The van der Waals surface area contributed by atoms with E-state index in [-0.39, 0.29) is 15.6 Å². The molecule has 2 unspecified atom stereocenters. The van der Waals surface area contributed by atoms with Gasteiger partial charge in [-0.3, -0.25) is 4.79 Å². The van der Waals surface area contributed by atoms with Gasteiger partial charge in [0.05, 0.1) is 9.84 Å². The Kier molecular flexibility index (Phi) is 2.44. The number of halogens is 1. The highest BCUT2D eigenvalue weighted by Crippen LogP contribution is 2.23. The quantitative estimate of drug-likeness (QED) is 0.517. The average molecular weight is 251 g/mol. The third-order valence-electron chi connectivity index (χ3n) is 1.93. The molecule has 0 heterocycles. The third kappa shape index (κ3) is 1.38. The van der Waals surface area contributed by atoms with E-state index < -0.39 is 0 Å². The van der Waals surface area contributed by atoms with Crippen LogP contribution in [0, 0.1) is 11.3 Å². The molecule has 0 aromatic rings. The molecule has 10 heavy (non-hydrogen) atoms. The van der Waals surface area contributed by atoms with Crippen molar-refractivity contribution in [2.45, 2.75) is 23.7 Å². The van der Waals surface area contributed by atoms with Crippen LogP contribution in [-0.4, -0.2) is 15.4 Å². The van der Waals surface area contributed by atoms with Crippen LogP contribution in [0.25, 0.3) is 0 Å². The van der Waals surface area contributed by atoms with Gasteiger partial charge in [0.1, 0.15) is 0 Å². The van der Waals surface area contributed by atoms with Gasteiger partial charge in [0, 0.05) is 5.71 Å². The van der Waals surface area contributed by atoms with Crippen molar-refractivity contribution < 1.29 is 4.79 Å². The van der Waals surface area contributed by atoms with E-state index in [4.69, 9.17) is 5.41 Å². The number of hydrogen-bond acceptors (Lipinski definition) is 2. The first-order valence-corrected chi connectivity index (χ1v) is 4.62. The van der Waals surface area contributed by atoms with E-state index >= 15 is 0 Å². The first kappa shape index (κ1) is 8.17. The van der Waals surface area contributed by atoms with Crippen LogP contribution in [0.1, 0.15) is 19.8 Å². The van der Waals surface area contributed by atoms with Crippen LogP contribution < -0.4 is 0 Å². The normalized spacial score (nSPS) is 34.6. The highest BCUT2D eigenvalue weighted by Gasteiger charge is 2.29. The van der Waals surface area contributed by atoms with Gasteiger partial charge in [-0.1, -0.05) is 29.5 Å². The predicted molar refractivity (Wildman–Crippen MR) is 48.9 cm³/mol. The molecule has 0 radical (unpaired) electrons. The topological polar surface area (TPSA) is 40.9 Å². The smallest absolute Gasteiger partial charge is 0.154 e. The van der Waals surface area contributed by atoms with Gasteiger partial charge in [-0.05, 0) is 12.8 Å². The van der Waals surface area contributed by atoms with Crippen molar-refractivity contribution in [3.8, 4) is 0 Å². The monoisotopic (exact) mass is 251 g/mol. The van der Waals surface area contributed by atoms with Gasteiger partial charge in [0.25, 0.3) is 0 Å². The van der Waals surface area contributed by atoms with E-state index in [1.165, 1.54) is 0 Å². The lowest BCUT2D eigenvalue weighted by Crippen LogP contribution is -2.33. The molecular formula is C7H10INO. The Morgan fingerprint density at radius 1 is 1.70 bits per heavy atom. The van der Waals surface area contributed by atoms with Crippen LogP contribution in [0.5, 0.6) is 0 Å². The Hall–Kier alpha value is 0.0700. The summed E-state index contributed by atoms with van der Waals surface area (Å²) in [5.41, 5.74) is 0.609. The minimum absolute atomic E-state index is 0.115. The Balaban J connectivity index is 2.70. The third-order valence-corrected chi connectivity index (χ3v) is 3.16. The Morgan fingerprint density at radius 2 is 2.30 bits per heavy atom. The second-order valence-electron chi connectivity index (χ2n) is 2.66. The van der Waals surface area contributed by atoms with Gasteiger partial charge < -0.3 is 5.41 Å². The van der Waals surface area contributed by atoms with Crippen molar-refractivity contribution >= 4 is 34.1 Å². The molecule has 0 aromatic heterocycles. The van der Waals surface area contributed by atoms with Gasteiger partial charge in [-0.25, -0.2) is 0 Å².